The molecule has 1 aromatic heterocycles. The first-order valence-corrected chi connectivity index (χ1v) is 6.35. The van der Waals surface area contributed by atoms with Crippen molar-refractivity contribution in [3.8, 4) is 0 Å². The van der Waals surface area contributed by atoms with Crippen LogP contribution >= 0.6 is 0 Å². The fourth-order valence-corrected chi connectivity index (χ4v) is 1.49. The predicted octanol–water partition coefficient (Wildman–Crippen LogP) is 1.46. The zero-order valence-electron chi connectivity index (χ0n) is 11.3. The van der Waals surface area contributed by atoms with Gasteiger partial charge >= 0.3 is 0 Å². The number of aliphatic hydroxyl groups is 1. The van der Waals surface area contributed by atoms with Crippen molar-refractivity contribution in [3.63, 3.8) is 0 Å². The Hall–Kier alpha value is -1.42. The molecule has 0 radical (unpaired) electrons. The summed E-state index contributed by atoms with van der Waals surface area (Å²) < 4.78 is 0. The smallest absolute Gasteiger partial charge is 0.222 e. The average molecular weight is 250 g/mol. The van der Waals surface area contributed by atoms with Crippen LogP contribution in [0.15, 0.2) is 18.3 Å². The number of nitrogens with zero attached hydrogens (tertiary/aromatic N) is 1. The molecule has 1 rings (SSSR count). The third kappa shape index (κ3) is 5.27. The first-order valence-electron chi connectivity index (χ1n) is 6.35. The topological polar surface area (TPSA) is 62.2 Å². The highest BCUT2D eigenvalue weighted by Crippen LogP contribution is 2.05. The lowest BCUT2D eigenvalue weighted by atomic mass is 10.0. The number of carbonyl (C=O) groups is 1. The van der Waals surface area contributed by atoms with E-state index in [1.54, 1.807) is 0 Å². The van der Waals surface area contributed by atoms with E-state index in [9.17, 15) is 9.90 Å². The van der Waals surface area contributed by atoms with Crippen molar-refractivity contribution in [1.82, 2.24) is 10.3 Å². The van der Waals surface area contributed by atoms with E-state index < -0.39 is 6.10 Å². The number of pyridine rings is 1. The summed E-state index contributed by atoms with van der Waals surface area (Å²) in [5.41, 5.74) is 2.09. The van der Waals surface area contributed by atoms with Crippen LogP contribution in [0.2, 0.25) is 0 Å². The summed E-state index contributed by atoms with van der Waals surface area (Å²) in [5, 5.41) is 12.4. The van der Waals surface area contributed by atoms with Gasteiger partial charge in [0.15, 0.2) is 0 Å². The first-order chi connectivity index (χ1) is 8.49. The molecule has 0 bridgehead atoms. The Kier molecular flexibility index (Phi) is 5.78. The van der Waals surface area contributed by atoms with Gasteiger partial charge in [-0.25, -0.2) is 0 Å². The van der Waals surface area contributed by atoms with E-state index in [-0.39, 0.29) is 18.2 Å². The van der Waals surface area contributed by atoms with E-state index in [1.165, 1.54) is 0 Å². The Morgan fingerprint density at radius 2 is 2.17 bits per heavy atom. The molecule has 0 aromatic carbocycles. The maximum absolute atomic E-state index is 11.5. The van der Waals surface area contributed by atoms with Crippen LogP contribution in [0.3, 0.4) is 0 Å². The third-order valence-electron chi connectivity index (χ3n) is 2.87. The number of aromatic nitrogens is 1. The van der Waals surface area contributed by atoms with Gasteiger partial charge in [0.1, 0.15) is 0 Å². The van der Waals surface area contributed by atoms with Crippen molar-refractivity contribution in [3.05, 3.63) is 29.6 Å². The Bertz CT molecular complexity index is 374. The number of rotatable bonds is 6. The number of carbonyl (C=O) groups excluding carboxylic acids is 1. The van der Waals surface area contributed by atoms with E-state index in [4.69, 9.17) is 0 Å². The fraction of sp³-hybridized carbons (Fsp3) is 0.571. The zero-order valence-corrected chi connectivity index (χ0v) is 11.3. The molecule has 1 amide bonds. The van der Waals surface area contributed by atoms with E-state index in [0.717, 1.165) is 17.7 Å². The van der Waals surface area contributed by atoms with Gasteiger partial charge in [0.05, 0.1) is 12.5 Å². The Morgan fingerprint density at radius 3 is 2.72 bits per heavy atom. The minimum absolute atomic E-state index is 0.101. The summed E-state index contributed by atoms with van der Waals surface area (Å²) in [6.07, 6.45) is 2.19. The summed E-state index contributed by atoms with van der Waals surface area (Å²) in [5.74, 6) is 0.00770. The van der Waals surface area contributed by atoms with Gasteiger partial charge < -0.3 is 10.4 Å². The molecule has 0 saturated carbocycles. The van der Waals surface area contributed by atoms with Gasteiger partial charge in [-0.15, -0.1) is 0 Å². The molecule has 18 heavy (non-hydrogen) atoms. The molecule has 0 saturated heterocycles. The lowest BCUT2D eigenvalue weighted by Crippen LogP contribution is -2.30. The van der Waals surface area contributed by atoms with E-state index in [0.29, 0.717) is 6.54 Å². The largest absolute Gasteiger partial charge is 0.392 e. The summed E-state index contributed by atoms with van der Waals surface area (Å²) in [7, 11) is 0. The predicted molar refractivity (Wildman–Crippen MR) is 71.1 cm³/mol. The van der Waals surface area contributed by atoms with Gasteiger partial charge in [0.2, 0.25) is 5.91 Å². The minimum atomic E-state index is -0.564. The lowest BCUT2D eigenvalue weighted by Gasteiger charge is -2.13. The average Bonchev–Trinajstić information content (AvgIpc) is 2.31. The number of nitrogens with one attached hydrogen (secondary N) is 1. The van der Waals surface area contributed by atoms with Crippen molar-refractivity contribution in [2.24, 2.45) is 5.92 Å². The third-order valence-corrected chi connectivity index (χ3v) is 2.87. The summed E-state index contributed by atoms with van der Waals surface area (Å²) >= 11 is 0. The summed E-state index contributed by atoms with van der Waals surface area (Å²) in [6.45, 7) is 6.32. The lowest BCUT2D eigenvalue weighted by molar-refractivity contribution is -0.123. The van der Waals surface area contributed by atoms with Crippen LogP contribution in [-0.2, 0) is 11.2 Å². The van der Waals surface area contributed by atoms with Crippen molar-refractivity contribution in [2.75, 3.05) is 6.54 Å². The van der Waals surface area contributed by atoms with Gasteiger partial charge in [0, 0.05) is 18.4 Å². The molecule has 1 aromatic rings. The normalized spacial score (nSPS) is 12.5. The van der Waals surface area contributed by atoms with Crippen molar-refractivity contribution >= 4 is 5.91 Å². The number of hydrogen-bond acceptors (Lipinski definition) is 3. The Labute approximate surface area is 108 Å². The second kappa shape index (κ2) is 7.11. The van der Waals surface area contributed by atoms with Gasteiger partial charge in [0.25, 0.3) is 0 Å². The minimum Gasteiger partial charge on any atom is -0.392 e. The second-order valence-corrected chi connectivity index (χ2v) is 4.92. The molecule has 0 spiro atoms. The molecule has 100 valence electrons. The summed E-state index contributed by atoms with van der Waals surface area (Å²) in [4.78, 5) is 15.7. The maximum atomic E-state index is 11.5. The van der Waals surface area contributed by atoms with Gasteiger partial charge in [-0.05, 0) is 30.9 Å². The van der Waals surface area contributed by atoms with Crippen LogP contribution in [0.25, 0.3) is 0 Å². The monoisotopic (exact) mass is 250 g/mol. The fourth-order valence-electron chi connectivity index (χ4n) is 1.49. The number of aliphatic hydroxyl groups excluding tert-OH is 1. The molecule has 4 nitrogen and oxygen atoms in total. The highest BCUT2D eigenvalue weighted by Gasteiger charge is 2.13. The zero-order chi connectivity index (χ0) is 13.5. The number of aryl methyl sites for hydroxylation is 1. The molecule has 4 heteroatoms. The molecular weight excluding hydrogens is 228 g/mol. The van der Waals surface area contributed by atoms with E-state index >= 15 is 0 Å². The molecule has 2 N–H and O–H groups in total. The number of amides is 1. The Morgan fingerprint density at radius 1 is 1.44 bits per heavy atom. The van der Waals surface area contributed by atoms with Crippen LogP contribution in [0.5, 0.6) is 0 Å². The van der Waals surface area contributed by atoms with Crippen molar-refractivity contribution in [2.45, 2.75) is 39.7 Å². The molecule has 1 heterocycles. The molecule has 0 fully saturated rings. The van der Waals surface area contributed by atoms with Crippen LogP contribution in [0.1, 0.15) is 31.5 Å². The SMILES string of the molecule is Cc1ccc(CCNC(=O)CC(O)C(C)C)cn1. The quantitative estimate of drug-likeness (QED) is 0.803. The van der Waals surface area contributed by atoms with Gasteiger partial charge in [-0.2, -0.15) is 0 Å². The first kappa shape index (κ1) is 14.6. The van der Waals surface area contributed by atoms with Crippen LogP contribution < -0.4 is 5.32 Å². The van der Waals surface area contributed by atoms with Crippen LogP contribution in [0, 0.1) is 12.8 Å². The molecular formula is C14H22N2O2. The molecule has 0 aliphatic carbocycles. The van der Waals surface area contributed by atoms with Gasteiger partial charge in [-0.1, -0.05) is 19.9 Å². The molecule has 1 unspecified atom stereocenters. The Balaban J connectivity index is 2.25. The highest BCUT2D eigenvalue weighted by atomic mass is 16.3. The summed E-state index contributed by atoms with van der Waals surface area (Å²) in [6, 6.07) is 3.97. The number of hydrogen-bond donors (Lipinski definition) is 2. The van der Waals surface area contributed by atoms with E-state index in [2.05, 4.69) is 10.3 Å². The molecule has 0 aliphatic heterocycles. The second-order valence-electron chi connectivity index (χ2n) is 4.92. The van der Waals surface area contributed by atoms with Crippen molar-refractivity contribution in [1.29, 1.82) is 0 Å². The van der Waals surface area contributed by atoms with Crippen LogP contribution in [0.4, 0.5) is 0 Å². The highest BCUT2D eigenvalue weighted by molar-refractivity contribution is 5.76. The molecule has 1 atom stereocenters. The van der Waals surface area contributed by atoms with Gasteiger partial charge in [-0.3, -0.25) is 9.78 Å². The van der Waals surface area contributed by atoms with E-state index in [1.807, 2.05) is 39.1 Å². The van der Waals surface area contributed by atoms with Crippen molar-refractivity contribution < 1.29 is 9.90 Å². The molecule has 0 aliphatic rings. The standard InChI is InChI=1S/C14H22N2O2/c1-10(2)13(17)8-14(18)15-7-6-12-5-4-11(3)16-9-12/h4-5,9-10,13,17H,6-8H2,1-3H3,(H,15,18). The van der Waals surface area contributed by atoms with Crippen LogP contribution in [-0.4, -0.2) is 28.6 Å². The maximum Gasteiger partial charge on any atom is 0.222 e.